The first kappa shape index (κ1) is 11.6. The van der Waals surface area contributed by atoms with E-state index >= 15 is 0 Å². The molecule has 1 amide bonds. The van der Waals surface area contributed by atoms with Crippen LogP contribution < -0.4 is 5.32 Å². The number of hydrogen-bond acceptors (Lipinski definition) is 3. The van der Waals surface area contributed by atoms with Crippen molar-refractivity contribution in [2.75, 3.05) is 0 Å². The van der Waals surface area contributed by atoms with Crippen LogP contribution in [0.5, 0.6) is 0 Å². The number of hydrogen-bond donors (Lipinski definition) is 1. The average molecular weight is 272 g/mol. The van der Waals surface area contributed by atoms with Crippen LogP contribution in [0.1, 0.15) is 15.9 Å². The van der Waals surface area contributed by atoms with E-state index in [1.165, 1.54) is 18.2 Å². The Kier molecular flexibility index (Phi) is 3.79. The third-order valence-corrected chi connectivity index (χ3v) is 2.45. The normalized spacial score (nSPS) is 9.73. The molecule has 0 saturated heterocycles. The Morgan fingerprint density at radius 3 is 2.73 bits per heavy atom. The van der Waals surface area contributed by atoms with Gasteiger partial charge in [0.1, 0.15) is 0 Å². The fraction of sp³-hybridized carbons (Fsp3) is 0.111. The molecule has 0 unspecified atom stereocenters. The molecule has 0 aliphatic carbocycles. The summed E-state index contributed by atoms with van der Waals surface area (Å²) in [6.07, 6.45) is 0. The summed E-state index contributed by atoms with van der Waals surface area (Å²) in [5, 5.41) is 13.2. The van der Waals surface area contributed by atoms with Crippen LogP contribution in [0.2, 0.25) is 0 Å². The largest absolute Gasteiger partial charge is 0.350 e. The number of nitrogens with zero attached hydrogens (tertiary/aromatic N) is 1. The molecule has 79 valence electrons. The highest BCUT2D eigenvalue weighted by molar-refractivity contribution is 9.08. The second-order valence-electron chi connectivity index (χ2n) is 2.74. The summed E-state index contributed by atoms with van der Waals surface area (Å²) < 4.78 is 0. The van der Waals surface area contributed by atoms with Gasteiger partial charge in [0.25, 0.3) is 11.6 Å². The molecule has 0 bridgehead atoms. The van der Waals surface area contributed by atoms with E-state index in [-0.39, 0.29) is 11.3 Å². The molecule has 1 N–H and O–H groups in total. The zero-order valence-electron chi connectivity index (χ0n) is 7.70. The minimum Gasteiger partial charge on any atom is -0.350 e. The van der Waals surface area contributed by atoms with Gasteiger partial charge in [-0.05, 0) is 6.07 Å². The molecule has 6 heteroatoms. The maximum atomic E-state index is 11.2. The van der Waals surface area contributed by atoms with Crippen LogP contribution in [0.15, 0.2) is 18.2 Å². The number of nitrogens with one attached hydrogen (secondary N) is 1. The summed E-state index contributed by atoms with van der Waals surface area (Å²) in [4.78, 5) is 21.3. The lowest BCUT2D eigenvalue weighted by molar-refractivity contribution is -0.385. The van der Waals surface area contributed by atoms with Crippen LogP contribution in [0.3, 0.4) is 0 Å². The maximum absolute atomic E-state index is 11.2. The molecule has 5 nitrogen and oxygen atoms in total. The fourth-order valence-corrected chi connectivity index (χ4v) is 1.56. The monoisotopic (exact) mass is 271 g/mol. The Morgan fingerprint density at radius 1 is 1.60 bits per heavy atom. The van der Waals surface area contributed by atoms with Crippen LogP contribution in [0.25, 0.3) is 0 Å². The molecule has 1 rings (SSSR count). The van der Waals surface area contributed by atoms with Gasteiger partial charge in [-0.15, -0.1) is 0 Å². The lowest BCUT2D eigenvalue weighted by atomic mass is 10.1. The summed E-state index contributed by atoms with van der Waals surface area (Å²) in [6.45, 7) is 0. The fourth-order valence-electron chi connectivity index (χ4n) is 1.09. The third kappa shape index (κ3) is 2.53. The summed E-state index contributed by atoms with van der Waals surface area (Å²) in [5.41, 5.74) is 0.676. The number of rotatable bonds is 3. The second kappa shape index (κ2) is 4.88. The van der Waals surface area contributed by atoms with E-state index in [0.717, 1.165) is 0 Å². The molecule has 0 heterocycles. The molecule has 0 aromatic heterocycles. The highest BCUT2D eigenvalue weighted by Gasteiger charge is 2.15. The minimum absolute atomic E-state index is 0.0759. The van der Waals surface area contributed by atoms with Crippen molar-refractivity contribution in [1.82, 2.24) is 5.32 Å². The van der Waals surface area contributed by atoms with Crippen molar-refractivity contribution in [3.63, 3.8) is 0 Å². The standard InChI is InChI=1S/C9H8BrN2O3/c1-11-9(13)6-2-3-7(5-10)8(4-6)12(14)15/h2-4H,1,5H2,(H,11,13). The molecular weight excluding hydrogens is 264 g/mol. The first-order chi connectivity index (χ1) is 7.10. The first-order valence-electron chi connectivity index (χ1n) is 4.01. The SMILES string of the molecule is [CH2]NC(=O)c1ccc(CBr)c([N+](=O)[O-])c1. The first-order valence-corrected chi connectivity index (χ1v) is 5.13. The van der Waals surface area contributed by atoms with Crippen molar-refractivity contribution in [2.45, 2.75) is 5.33 Å². The zero-order valence-corrected chi connectivity index (χ0v) is 9.28. The van der Waals surface area contributed by atoms with Crippen molar-refractivity contribution in [2.24, 2.45) is 0 Å². The predicted octanol–water partition coefficient (Wildman–Crippen LogP) is 2.01. The van der Waals surface area contributed by atoms with Crippen LogP contribution in [0.4, 0.5) is 5.69 Å². The van der Waals surface area contributed by atoms with Gasteiger partial charge in [0.05, 0.1) is 4.92 Å². The van der Waals surface area contributed by atoms with Crippen molar-refractivity contribution in [3.8, 4) is 0 Å². The van der Waals surface area contributed by atoms with Crippen LogP contribution in [0, 0.1) is 17.2 Å². The Hall–Kier alpha value is -1.43. The van der Waals surface area contributed by atoms with Crippen molar-refractivity contribution in [3.05, 3.63) is 46.5 Å². The summed E-state index contributed by atoms with van der Waals surface area (Å²) >= 11 is 3.14. The number of benzene rings is 1. The van der Waals surface area contributed by atoms with Gasteiger partial charge in [0, 0.05) is 29.6 Å². The molecule has 0 atom stereocenters. The number of carbonyl (C=O) groups excluding carboxylic acids is 1. The Bertz CT molecular complexity index is 406. The van der Waals surface area contributed by atoms with Gasteiger partial charge in [0.15, 0.2) is 0 Å². The van der Waals surface area contributed by atoms with Crippen LogP contribution in [-0.2, 0) is 5.33 Å². The number of halogens is 1. The topological polar surface area (TPSA) is 72.2 Å². The van der Waals surface area contributed by atoms with Crippen LogP contribution in [-0.4, -0.2) is 10.8 Å². The quantitative estimate of drug-likeness (QED) is 0.519. The molecule has 0 aliphatic heterocycles. The molecule has 1 aromatic rings. The highest BCUT2D eigenvalue weighted by atomic mass is 79.9. The van der Waals surface area contributed by atoms with Gasteiger partial charge in [-0.3, -0.25) is 14.9 Å². The summed E-state index contributed by atoms with van der Waals surface area (Å²) in [7, 11) is 3.20. The molecule has 0 spiro atoms. The molecule has 0 fully saturated rings. The lowest BCUT2D eigenvalue weighted by Gasteiger charge is -2.02. The Morgan fingerprint density at radius 2 is 2.27 bits per heavy atom. The molecule has 0 saturated carbocycles. The Balaban J connectivity index is 3.22. The van der Waals surface area contributed by atoms with Crippen molar-refractivity contribution < 1.29 is 9.72 Å². The number of nitro groups is 1. The van der Waals surface area contributed by atoms with E-state index in [1.54, 1.807) is 0 Å². The Labute approximate surface area is 94.8 Å². The van der Waals surface area contributed by atoms with E-state index in [2.05, 4.69) is 28.3 Å². The van der Waals surface area contributed by atoms with E-state index in [1.807, 2.05) is 0 Å². The number of amides is 1. The number of alkyl halides is 1. The second-order valence-corrected chi connectivity index (χ2v) is 3.30. The smallest absolute Gasteiger partial charge is 0.274 e. The third-order valence-electron chi connectivity index (χ3n) is 1.85. The molecule has 1 aromatic carbocycles. The minimum atomic E-state index is -0.517. The average Bonchev–Trinajstić information content (AvgIpc) is 2.27. The van der Waals surface area contributed by atoms with Crippen molar-refractivity contribution in [1.29, 1.82) is 0 Å². The van der Waals surface area contributed by atoms with E-state index in [0.29, 0.717) is 10.9 Å². The van der Waals surface area contributed by atoms with E-state index < -0.39 is 10.8 Å². The van der Waals surface area contributed by atoms with Gasteiger partial charge < -0.3 is 5.32 Å². The summed E-state index contributed by atoms with van der Waals surface area (Å²) in [5.74, 6) is -0.445. The summed E-state index contributed by atoms with van der Waals surface area (Å²) in [6, 6.07) is 4.29. The molecule has 1 radical (unpaired) electrons. The van der Waals surface area contributed by atoms with Gasteiger partial charge in [-0.25, -0.2) is 0 Å². The van der Waals surface area contributed by atoms with Gasteiger partial charge in [0.2, 0.25) is 0 Å². The van der Waals surface area contributed by atoms with E-state index in [4.69, 9.17) is 0 Å². The molecule has 15 heavy (non-hydrogen) atoms. The van der Waals surface area contributed by atoms with Gasteiger partial charge in [-0.2, -0.15) is 0 Å². The van der Waals surface area contributed by atoms with Crippen LogP contribution >= 0.6 is 15.9 Å². The molecular formula is C9H8BrN2O3. The highest BCUT2D eigenvalue weighted by Crippen LogP contribution is 2.22. The van der Waals surface area contributed by atoms with E-state index in [9.17, 15) is 14.9 Å². The lowest BCUT2D eigenvalue weighted by Crippen LogP contribution is -2.15. The molecule has 0 aliphatic rings. The number of carbonyl (C=O) groups is 1. The number of nitro benzene ring substituents is 1. The van der Waals surface area contributed by atoms with Crippen molar-refractivity contribution >= 4 is 27.5 Å². The maximum Gasteiger partial charge on any atom is 0.274 e. The zero-order chi connectivity index (χ0) is 11.4. The van der Waals surface area contributed by atoms with Gasteiger partial charge >= 0.3 is 0 Å². The van der Waals surface area contributed by atoms with Gasteiger partial charge in [-0.1, -0.05) is 22.0 Å². The predicted molar refractivity (Wildman–Crippen MR) is 58.6 cm³/mol.